The molecule has 0 saturated carbocycles. The molecule has 2 rings (SSSR count). The van der Waals surface area contributed by atoms with Crippen LogP contribution in [0.15, 0.2) is 60.7 Å². The van der Waals surface area contributed by atoms with Crippen molar-refractivity contribution in [2.45, 2.75) is 12.6 Å². The molecule has 2 aromatic carbocycles. The van der Waals surface area contributed by atoms with E-state index >= 15 is 0 Å². The van der Waals surface area contributed by atoms with Crippen molar-refractivity contribution in [3.8, 4) is 0 Å². The number of rotatable bonds is 5. The van der Waals surface area contributed by atoms with E-state index < -0.39 is 18.2 Å². The molecule has 0 aromatic heterocycles. The summed E-state index contributed by atoms with van der Waals surface area (Å²) in [6.07, 6.45) is -0.848. The minimum atomic E-state index is -1.64. The molecule has 0 aliphatic heterocycles. The van der Waals surface area contributed by atoms with Crippen LogP contribution in [0, 0.1) is 0 Å². The van der Waals surface area contributed by atoms with Crippen LogP contribution < -0.4 is 5.32 Å². The number of amides is 1. The van der Waals surface area contributed by atoms with Crippen LogP contribution in [0.25, 0.3) is 0 Å². The Kier molecular flexibility index (Phi) is 5.04. The fraction of sp³-hybridized carbons (Fsp3) is 0.125. The zero-order valence-corrected chi connectivity index (χ0v) is 11.2. The fourth-order valence-electron chi connectivity index (χ4n) is 1.80. The van der Waals surface area contributed by atoms with Crippen molar-refractivity contribution in [3.63, 3.8) is 0 Å². The number of alkyl carbamates (subject to hydrolysis) is 1. The first-order valence-corrected chi connectivity index (χ1v) is 6.38. The maximum absolute atomic E-state index is 13.1. The van der Waals surface area contributed by atoms with E-state index in [1.54, 1.807) is 42.5 Å². The molecular formula is C16H14FNO3. The van der Waals surface area contributed by atoms with E-state index in [0.717, 1.165) is 5.56 Å². The molecule has 1 atom stereocenters. The van der Waals surface area contributed by atoms with Crippen LogP contribution in [0.3, 0.4) is 0 Å². The van der Waals surface area contributed by atoms with Gasteiger partial charge < -0.3 is 10.1 Å². The first kappa shape index (κ1) is 14.7. The molecule has 1 N–H and O–H groups in total. The monoisotopic (exact) mass is 287 g/mol. The van der Waals surface area contributed by atoms with Gasteiger partial charge in [0, 0.05) is 0 Å². The molecule has 0 spiro atoms. The average molecular weight is 287 g/mol. The van der Waals surface area contributed by atoms with Gasteiger partial charge in [-0.05, 0) is 11.1 Å². The maximum Gasteiger partial charge on any atom is 0.408 e. The molecule has 0 radical (unpaired) electrons. The first-order valence-electron chi connectivity index (χ1n) is 6.38. The lowest BCUT2D eigenvalue weighted by Gasteiger charge is -2.14. The second-order valence-electron chi connectivity index (χ2n) is 4.35. The highest BCUT2D eigenvalue weighted by Crippen LogP contribution is 2.14. The van der Waals surface area contributed by atoms with Crippen LogP contribution in [-0.2, 0) is 16.1 Å². The number of halogens is 1. The molecule has 0 unspecified atom stereocenters. The maximum atomic E-state index is 13.1. The third-order valence-corrected chi connectivity index (χ3v) is 2.83. The van der Waals surface area contributed by atoms with E-state index in [4.69, 9.17) is 4.74 Å². The van der Waals surface area contributed by atoms with E-state index in [9.17, 15) is 14.0 Å². The molecule has 1 amide bonds. The Morgan fingerprint density at radius 2 is 1.57 bits per heavy atom. The summed E-state index contributed by atoms with van der Waals surface area (Å²) in [5, 5.41) is 2.22. The Morgan fingerprint density at radius 3 is 2.14 bits per heavy atom. The second kappa shape index (κ2) is 7.19. The number of hydrogen-bond acceptors (Lipinski definition) is 3. The van der Waals surface area contributed by atoms with Gasteiger partial charge in [0.2, 0.25) is 0 Å². The molecule has 21 heavy (non-hydrogen) atoms. The lowest BCUT2D eigenvalue weighted by Crippen LogP contribution is -2.32. The minimum Gasteiger partial charge on any atom is -0.445 e. The summed E-state index contributed by atoms with van der Waals surface area (Å²) in [6.45, 7) is 0.0503. The fourth-order valence-corrected chi connectivity index (χ4v) is 1.80. The van der Waals surface area contributed by atoms with E-state index in [0.29, 0.717) is 5.56 Å². The number of ether oxygens (including phenoxy) is 1. The molecule has 0 aliphatic rings. The predicted molar refractivity (Wildman–Crippen MR) is 75.1 cm³/mol. The molecule has 4 nitrogen and oxygen atoms in total. The van der Waals surface area contributed by atoms with E-state index in [1.807, 2.05) is 18.2 Å². The van der Waals surface area contributed by atoms with Gasteiger partial charge in [-0.25, -0.2) is 4.79 Å². The van der Waals surface area contributed by atoms with E-state index in [2.05, 4.69) is 5.32 Å². The number of hydrogen-bond donors (Lipinski definition) is 1. The molecule has 0 fully saturated rings. The highest BCUT2D eigenvalue weighted by atomic mass is 19.1. The molecule has 2 aromatic rings. The minimum absolute atomic E-state index is 0.0503. The van der Waals surface area contributed by atoms with Crippen molar-refractivity contribution >= 4 is 12.1 Å². The van der Waals surface area contributed by atoms with Crippen molar-refractivity contribution < 1.29 is 18.7 Å². The lowest BCUT2D eigenvalue weighted by atomic mass is 10.1. The topological polar surface area (TPSA) is 55.4 Å². The van der Waals surface area contributed by atoms with E-state index in [1.165, 1.54) is 0 Å². The average Bonchev–Trinajstić information content (AvgIpc) is 2.52. The Labute approximate surface area is 121 Å². The number of benzene rings is 2. The first-order chi connectivity index (χ1) is 10.2. The van der Waals surface area contributed by atoms with Crippen molar-refractivity contribution in [1.29, 1.82) is 0 Å². The van der Waals surface area contributed by atoms with Crippen molar-refractivity contribution in [2.75, 3.05) is 0 Å². The van der Waals surface area contributed by atoms with E-state index in [-0.39, 0.29) is 6.61 Å². The third kappa shape index (κ3) is 4.42. The van der Waals surface area contributed by atoms with Crippen molar-refractivity contribution in [2.24, 2.45) is 0 Å². The SMILES string of the molecule is O=C(N[C@H](C(=O)F)c1ccccc1)OCc1ccccc1. The molecular weight excluding hydrogens is 273 g/mol. The Morgan fingerprint density at radius 1 is 1.00 bits per heavy atom. The van der Waals surface area contributed by atoms with Gasteiger partial charge in [0.1, 0.15) is 12.6 Å². The van der Waals surface area contributed by atoms with Gasteiger partial charge in [-0.1, -0.05) is 60.7 Å². The molecule has 0 bridgehead atoms. The highest BCUT2D eigenvalue weighted by molar-refractivity contribution is 5.81. The summed E-state index contributed by atoms with van der Waals surface area (Å²) < 4.78 is 18.0. The molecule has 108 valence electrons. The summed E-state index contributed by atoms with van der Waals surface area (Å²) in [7, 11) is 0. The molecule has 5 heteroatoms. The molecule has 0 aliphatic carbocycles. The quantitative estimate of drug-likeness (QED) is 0.859. The highest BCUT2D eigenvalue weighted by Gasteiger charge is 2.22. The largest absolute Gasteiger partial charge is 0.445 e. The zero-order chi connectivity index (χ0) is 15.1. The van der Waals surface area contributed by atoms with Crippen molar-refractivity contribution in [3.05, 3.63) is 71.8 Å². The van der Waals surface area contributed by atoms with Crippen LogP contribution in [0.4, 0.5) is 9.18 Å². The van der Waals surface area contributed by atoms with Gasteiger partial charge in [-0.2, -0.15) is 4.39 Å². The Bertz CT molecular complexity index is 601. The Balaban J connectivity index is 1.95. The van der Waals surface area contributed by atoms with Gasteiger partial charge in [-0.15, -0.1) is 0 Å². The van der Waals surface area contributed by atoms with Crippen LogP contribution >= 0.6 is 0 Å². The normalized spacial score (nSPS) is 11.5. The van der Waals surface area contributed by atoms with Crippen LogP contribution in [0.5, 0.6) is 0 Å². The van der Waals surface area contributed by atoms with Crippen LogP contribution in [0.2, 0.25) is 0 Å². The summed E-state index contributed by atoms with van der Waals surface area (Å²) in [5.74, 6) is 0. The number of carbonyl (C=O) groups excluding carboxylic acids is 2. The standard InChI is InChI=1S/C16H14FNO3/c17-15(19)14(13-9-5-2-6-10-13)18-16(20)21-11-12-7-3-1-4-8-12/h1-10,14H,11H2,(H,18,20)/t14-/m0/s1. The number of nitrogens with one attached hydrogen (secondary N) is 1. The summed E-state index contributed by atoms with van der Waals surface area (Å²) >= 11 is 0. The smallest absolute Gasteiger partial charge is 0.408 e. The summed E-state index contributed by atoms with van der Waals surface area (Å²) in [5.41, 5.74) is 1.16. The molecule has 0 heterocycles. The number of carbonyl (C=O) groups is 2. The van der Waals surface area contributed by atoms with Gasteiger partial charge in [-0.3, -0.25) is 4.79 Å². The van der Waals surface area contributed by atoms with Gasteiger partial charge in [0.25, 0.3) is 0 Å². The lowest BCUT2D eigenvalue weighted by molar-refractivity contribution is -0.131. The summed E-state index contributed by atoms with van der Waals surface area (Å²) in [6, 6.07) is 14.2. The second-order valence-corrected chi connectivity index (χ2v) is 4.35. The molecule has 0 saturated heterocycles. The van der Waals surface area contributed by atoms with Gasteiger partial charge >= 0.3 is 12.1 Å². The predicted octanol–water partition coefficient (Wildman–Crippen LogP) is 3.15. The third-order valence-electron chi connectivity index (χ3n) is 2.83. The van der Waals surface area contributed by atoms with Gasteiger partial charge in [0.05, 0.1) is 0 Å². The van der Waals surface area contributed by atoms with Gasteiger partial charge in [0.15, 0.2) is 0 Å². The summed E-state index contributed by atoms with van der Waals surface area (Å²) in [4.78, 5) is 22.7. The van der Waals surface area contributed by atoms with Crippen LogP contribution in [0.1, 0.15) is 17.2 Å². The van der Waals surface area contributed by atoms with Crippen molar-refractivity contribution in [1.82, 2.24) is 5.32 Å². The Hall–Kier alpha value is -2.69. The van der Waals surface area contributed by atoms with Crippen LogP contribution in [-0.4, -0.2) is 12.1 Å². The zero-order valence-electron chi connectivity index (χ0n) is 11.2.